The highest BCUT2D eigenvalue weighted by atomic mass is 19.4. The van der Waals surface area contributed by atoms with Gasteiger partial charge < -0.3 is 14.4 Å². The predicted molar refractivity (Wildman–Crippen MR) is 109 cm³/mol. The number of hydrogen-bond donors (Lipinski definition) is 0. The van der Waals surface area contributed by atoms with Crippen molar-refractivity contribution in [3.05, 3.63) is 40.8 Å². The molecule has 3 aliphatic rings. The molecule has 0 aromatic carbocycles. The lowest BCUT2D eigenvalue weighted by molar-refractivity contribution is -0.141. The van der Waals surface area contributed by atoms with Gasteiger partial charge in [0.15, 0.2) is 5.82 Å². The van der Waals surface area contributed by atoms with Gasteiger partial charge in [-0.1, -0.05) is 0 Å². The third kappa shape index (κ3) is 4.38. The lowest BCUT2D eigenvalue weighted by Crippen LogP contribution is -2.48. The summed E-state index contributed by atoms with van der Waals surface area (Å²) >= 11 is 0. The van der Waals surface area contributed by atoms with Crippen LogP contribution in [0.3, 0.4) is 0 Å². The average Bonchev–Trinajstić information content (AvgIpc) is 3.66. The maximum Gasteiger partial charge on any atom is 0.433 e. The Hall–Kier alpha value is -2.65. The van der Waals surface area contributed by atoms with E-state index in [1.807, 2.05) is 9.80 Å². The lowest BCUT2D eigenvalue weighted by Gasteiger charge is -2.39. The van der Waals surface area contributed by atoms with E-state index in [-0.39, 0.29) is 17.6 Å². The molecule has 0 unspecified atom stereocenters. The topological polar surface area (TPSA) is 67.2 Å². The molecule has 0 amide bonds. The number of aromatic nitrogens is 4. The van der Waals surface area contributed by atoms with E-state index in [9.17, 15) is 18.0 Å². The second-order valence-electron chi connectivity index (χ2n) is 8.77. The number of hydrogen-bond acceptors (Lipinski definition) is 6. The van der Waals surface area contributed by atoms with Crippen LogP contribution in [-0.2, 0) is 12.7 Å². The summed E-state index contributed by atoms with van der Waals surface area (Å²) in [6.07, 6.45) is 5.67. The van der Waals surface area contributed by atoms with E-state index >= 15 is 0 Å². The normalized spacial score (nSPS) is 20.2. The Bertz CT molecular complexity index is 993. The van der Waals surface area contributed by atoms with Crippen LogP contribution in [-0.4, -0.2) is 44.7 Å². The molecule has 2 aromatic heterocycles. The Morgan fingerprint density at radius 2 is 1.71 bits per heavy atom. The first-order valence-electron chi connectivity index (χ1n) is 10.9. The Labute approximate surface area is 177 Å². The fourth-order valence-electron chi connectivity index (χ4n) is 4.40. The molecule has 0 bridgehead atoms. The highest BCUT2D eigenvalue weighted by molar-refractivity contribution is 5.45. The summed E-state index contributed by atoms with van der Waals surface area (Å²) in [6.45, 7) is 2.02. The summed E-state index contributed by atoms with van der Waals surface area (Å²) in [5.74, 6) is 1.41. The molecule has 10 heteroatoms. The van der Waals surface area contributed by atoms with Crippen LogP contribution in [0.4, 0.5) is 24.8 Å². The molecule has 2 aliphatic carbocycles. The highest BCUT2D eigenvalue weighted by Crippen LogP contribution is 2.37. The van der Waals surface area contributed by atoms with Crippen molar-refractivity contribution in [3.63, 3.8) is 0 Å². The van der Waals surface area contributed by atoms with E-state index in [1.54, 1.807) is 17.0 Å². The molecule has 0 atom stereocenters. The van der Waals surface area contributed by atoms with Crippen molar-refractivity contribution in [2.75, 3.05) is 22.9 Å². The van der Waals surface area contributed by atoms with Gasteiger partial charge in [0, 0.05) is 50.2 Å². The predicted octanol–water partition coefficient (Wildman–Crippen LogP) is 3.10. The number of halogens is 3. The van der Waals surface area contributed by atoms with Crippen LogP contribution in [0, 0.1) is 5.92 Å². The number of alkyl halides is 3. The summed E-state index contributed by atoms with van der Waals surface area (Å²) in [7, 11) is 0. The first-order valence-corrected chi connectivity index (χ1v) is 10.9. The number of piperidine rings is 1. The number of rotatable bonds is 6. The van der Waals surface area contributed by atoms with Crippen molar-refractivity contribution >= 4 is 11.6 Å². The van der Waals surface area contributed by atoms with Gasteiger partial charge in [-0.15, -0.1) is 0 Å². The first-order chi connectivity index (χ1) is 14.9. The molecule has 2 saturated carbocycles. The molecule has 0 N–H and O–H groups in total. The molecule has 3 heterocycles. The van der Waals surface area contributed by atoms with Crippen LogP contribution < -0.4 is 15.4 Å². The molecule has 166 valence electrons. The van der Waals surface area contributed by atoms with Gasteiger partial charge in [0.05, 0.1) is 0 Å². The third-order valence-electron chi connectivity index (χ3n) is 6.35. The Kier molecular flexibility index (Phi) is 5.10. The van der Waals surface area contributed by atoms with Gasteiger partial charge in [0.25, 0.3) is 5.56 Å². The quantitative estimate of drug-likeness (QED) is 0.696. The zero-order valence-corrected chi connectivity index (χ0v) is 17.1. The van der Waals surface area contributed by atoms with Crippen molar-refractivity contribution in [1.82, 2.24) is 19.5 Å². The fraction of sp³-hybridized carbons (Fsp3) is 0.619. The summed E-state index contributed by atoms with van der Waals surface area (Å²) in [6, 6.07) is 1.36. The molecule has 7 nitrogen and oxygen atoms in total. The van der Waals surface area contributed by atoms with Crippen molar-refractivity contribution < 1.29 is 13.2 Å². The maximum absolute atomic E-state index is 13.1. The van der Waals surface area contributed by atoms with Crippen LogP contribution in [0.25, 0.3) is 0 Å². The molecule has 5 rings (SSSR count). The Balaban J connectivity index is 1.31. The minimum atomic E-state index is -4.49. The van der Waals surface area contributed by atoms with E-state index in [0.717, 1.165) is 44.6 Å². The first kappa shape index (κ1) is 20.3. The van der Waals surface area contributed by atoms with Gasteiger partial charge in [-0.3, -0.25) is 4.79 Å². The van der Waals surface area contributed by atoms with Crippen molar-refractivity contribution in [2.24, 2.45) is 5.92 Å². The van der Waals surface area contributed by atoms with E-state index in [2.05, 4.69) is 15.0 Å². The zero-order chi connectivity index (χ0) is 21.6. The fourth-order valence-corrected chi connectivity index (χ4v) is 4.40. The highest BCUT2D eigenvalue weighted by Gasteiger charge is 2.39. The van der Waals surface area contributed by atoms with Gasteiger partial charge in [-0.2, -0.15) is 13.2 Å². The SMILES string of the molecule is O=c1c(N2CCC(N(c3cc(C(F)(F)F)ncn3)C3CC3)CC2)nccn1CC1CC1. The monoisotopic (exact) mass is 434 g/mol. The van der Waals surface area contributed by atoms with E-state index in [0.29, 0.717) is 30.6 Å². The van der Waals surface area contributed by atoms with Gasteiger partial charge >= 0.3 is 6.18 Å². The largest absolute Gasteiger partial charge is 0.433 e. The minimum absolute atomic E-state index is 0.0579. The average molecular weight is 434 g/mol. The summed E-state index contributed by atoms with van der Waals surface area (Å²) in [5.41, 5.74) is -0.970. The van der Waals surface area contributed by atoms with Crippen LogP contribution in [0.15, 0.2) is 29.6 Å². The second-order valence-corrected chi connectivity index (χ2v) is 8.77. The molecule has 31 heavy (non-hydrogen) atoms. The molecule has 1 aliphatic heterocycles. The number of anilines is 2. The zero-order valence-electron chi connectivity index (χ0n) is 17.1. The third-order valence-corrected chi connectivity index (χ3v) is 6.35. The Morgan fingerprint density at radius 3 is 2.35 bits per heavy atom. The molecular formula is C21H25F3N6O. The van der Waals surface area contributed by atoms with Crippen molar-refractivity contribution in [3.8, 4) is 0 Å². The molecular weight excluding hydrogens is 409 g/mol. The summed E-state index contributed by atoms with van der Waals surface area (Å²) < 4.78 is 41.1. The molecule has 1 saturated heterocycles. The standard InChI is InChI=1S/C21H25F3N6O/c22-21(23,24)17-11-18(27-13-26-17)30(15-3-4-15)16-5-8-28(9-6-16)19-20(31)29(10-7-25-19)12-14-1-2-14/h7,10-11,13-16H,1-6,8-9,12H2. The van der Waals surface area contributed by atoms with Crippen LogP contribution in [0.5, 0.6) is 0 Å². The van der Waals surface area contributed by atoms with E-state index in [4.69, 9.17) is 0 Å². The summed E-state index contributed by atoms with van der Waals surface area (Å²) in [4.78, 5) is 28.8. The van der Waals surface area contributed by atoms with Crippen molar-refractivity contribution in [1.29, 1.82) is 0 Å². The molecule has 0 radical (unpaired) electrons. The van der Waals surface area contributed by atoms with Crippen LogP contribution in [0.1, 0.15) is 44.2 Å². The van der Waals surface area contributed by atoms with Gasteiger partial charge in [-0.05, 0) is 44.4 Å². The molecule has 3 fully saturated rings. The van der Waals surface area contributed by atoms with Crippen LogP contribution >= 0.6 is 0 Å². The molecule has 0 spiro atoms. The second kappa shape index (κ2) is 7.80. The van der Waals surface area contributed by atoms with Crippen molar-refractivity contribution in [2.45, 2.75) is 63.3 Å². The van der Waals surface area contributed by atoms with Gasteiger partial charge in [0.2, 0.25) is 0 Å². The van der Waals surface area contributed by atoms with E-state index in [1.165, 1.54) is 12.8 Å². The Morgan fingerprint density at radius 1 is 1.00 bits per heavy atom. The minimum Gasteiger partial charge on any atom is -0.352 e. The van der Waals surface area contributed by atoms with Gasteiger partial charge in [0.1, 0.15) is 17.8 Å². The summed E-state index contributed by atoms with van der Waals surface area (Å²) in [5, 5.41) is 0. The van der Waals surface area contributed by atoms with Gasteiger partial charge in [-0.25, -0.2) is 15.0 Å². The number of nitrogens with zero attached hydrogens (tertiary/aromatic N) is 6. The smallest absolute Gasteiger partial charge is 0.352 e. The lowest BCUT2D eigenvalue weighted by atomic mass is 10.0. The molecule has 2 aromatic rings. The maximum atomic E-state index is 13.1. The van der Waals surface area contributed by atoms with E-state index < -0.39 is 11.9 Å². The van der Waals surface area contributed by atoms with Crippen LogP contribution in [0.2, 0.25) is 0 Å².